The van der Waals surface area contributed by atoms with Crippen molar-refractivity contribution in [2.75, 3.05) is 26.6 Å². The summed E-state index contributed by atoms with van der Waals surface area (Å²) in [4.78, 5) is 20.9. The van der Waals surface area contributed by atoms with Crippen LogP contribution in [0.4, 0.5) is 10.1 Å². The van der Waals surface area contributed by atoms with E-state index >= 15 is 4.39 Å². The topological polar surface area (TPSA) is 144 Å². The molecule has 0 amide bonds. The number of benzene rings is 2. The number of halogens is 1. The van der Waals surface area contributed by atoms with E-state index in [0.29, 0.717) is 22.8 Å². The summed E-state index contributed by atoms with van der Waals surface area (Å²) in [5.41, 5.74) is 6.20. The zero-order valence-electron chi connectivity index (χ0n) is 19.8. The van der Waals surface area contributed by atoms with Crippen molar-refractivity contribution in [3.8, 4) is 17.3 Å². The number of nitrogens with one attached hydrogen (secondary N) is 3. The molecule has 4 aromatic rings. The average Bonchev–Trinajstić information content (AvgIpc) is 3.28. The third-order valence-corrected chi connectivity index (χ3v) is 5.44. The number of hydrogen-bond donors (Lipinski definition) is 4. The van der Waals surface area contributed by atoms with Gasteiger partial charge in [-0.15, -0.1) is 0 Å². The number of pyridine rings is 1. The van der Waals surface area contributed by atoms with Crippen LogP contribution in [0.25, 0.3) is 5.82 Å². The predicted molar refractivity (Wildman–Crippen MR) is 129 cm³/mol. The van der Waals surface area contributed by atoms with Gasteiger partial charge in [-0.3, -0.25) is 10.4 Å². The Morgan fingerprint density at radius 2 is 1.92 bits per heavy atom. The number of nitrogens with zero attached hydrogens (tertiary/aromatic N) is 3. The van der Waals surface area contributed by atoms with Crippen molar-refractivity contribution >= 4 is 11.5 Å². The largest absolute Gasteiger partial charge is 0.497 e. The fourth-order valence-corrected chi connectivity index (χ4v) is 3.64. The first-order valence-electron chi connectivity index (χ1n) is 10.7. The number of nitrogen functional groups attached to an aromatic ring is 1. The van der Waals surface area contributed by atoms with E-state index in [4.69, 9.17) is 25.5 Å². The summed E-state index contributed by atoms with van der Waals surface area (Å²) in [6.45, 7) is 0. The number of ether oxygens (including phenoxy) is 2. The van der Waals surface area contributed by atoms with Crippen molar-refractivity contribution in [3.63, 3.8) is 0 Å². The molecule has 2 heterocycles. The Bertz CT molecular complexity index is 1450. The van der Waals surface area contributed by atoms with Crippen molar-refractivity contribution in [1.82, 2.24) is 14.8 Å². The first-order valence-corrected chi connectivity index (χ1v) is 10.7. The summed E-state index contributed by atoms with van der Waals surface area (Å²) in [7, 11) is 4.25. The van der Waals surface area contributed by atoms with E-state index in [-0.39, 0.29) is 23.0 Å². The van der Waals surface area contributed by atoms with Crippen molar-refractivity contribution in [3.05, 3.63) is 94.0 Å². The lowest BCUT2D eigenvalue weighted by atomic mass is 10.0. The molecule has 0 spiro atoms. The second-order valence-electron chi connectivity index (χ2n) is 7.60. The Hall–Kier alpha value is -4.87. The van der Waals surface area contributed by atoms with Gasteiger partial charge in [-0.1, -0.05) is 11.2 Å². The number of rotatable bonds is 9. The quantitative estimate of drug-likeness (QED) is 0.157. The third-order valence-electron chi connectivity index (χ3n) is 5.44. The molecule has 0 fully saturated rings. The Kier molecular flexibility index (Phi) is 6.86. The van der Waals surface area contributed by atoms with E-state index in [1.54, 1.807) is 48.7 Å². The summed E-state index contributed by atoms with van der Waals surface area (Å²) >= 11 is 0. The highest BCUT2D eigenvalue weighted by molar-refractivity contribution is 5.95. The van der Waals surface area contributed by atoms with Crippen LogP contribution in [0, 0.1) is 11.2 Å². The number of methoxy groups -OCH3 is 2. The molecule has 0 radical (unpaired) electrons. The number of anilines is 1. The van der Waals surface area contributed by atoms with Crippen LogP contribution >= 0.6 is 0 Å². The summed E-state index contributed by atoms with van der Waals surface area (Å²) in [5.74, 6) is 0.0311. The van der Waals surface area contributed by atoms with Gasteiger partial charge < -0.3 is 25.4 Å². The zero-order chi connectivity index (χ0) is 25.8. The first-order chi connectivity index (χ1) is 17.4. The lowest BCUT2D eigenvalue weighted by Gasteiger charge is -2.20. The molecule has 5 N–H and O–H groups in total. The van der Waals surface area contributed by atoms with Gasteiger partial charge in [0.1, 0.15) is 30.9 Å². The minimum absolute atomic E-state index is 0.0369. The third kappa shape index (κ3) is 4.69. The van der Waals surface area contributed by atoms with Crippen LogP contribution < -0.4 is 35.8 Å². The van der Waals surface area contributed by atoms with Crippen molar-refractivity contribution in [1.29, 1.82) is 5.41 Å². The van der Waals surface area contributed by atoms with Gasteiger partial charge in [0.15, 0.2) is 17.4 Å². The van der Waals surface area contributed by atoms with Gasteiger partial charge in [0.2, 0.25) is 0 Å². The van der Waals surface area contributed by atoms with E-state index in [9.17, 15) is 4.79 Å². The van der Waals surface area contributed by atoms with Crippen LogP contribution in [0.15, 0.2) is 65.6 Å². The molecule has 186 valence electrons. The van der Waals surface area contributed by atoms with Gasteiger partial charge in [0.05, 0.1) is 14.2 Å². The maximum absolute atomic E-state index is 15.5. The van der Waals surface area contributed by atoms with E-state index in [1.807, 2.05) is 0 Å². The van der Waals surface area contributed by atoms with Crippen molar-refractivity contribution < 1.29 is 23.4 Å². The van der Waals surface area contributed by atoms with Crippen LogP contribution in [0.2, 0.25) is 0 Å². The molecule has 1 atom stereocenters. The maximum atomic E-state index is 15.5. The van der Waals surface area contributed by atoms with Crippen LogP contribution in [-0.4, -0.2) is 41.9 Å². The number of aromatic nitrogens is 4. The molecule has 0 aliphatic rings. The number of nitrogens with two attached hydrogens (primary N) is 1. The van der Waals surface area contributed by atoms with Crippen LogP contribution in [0.1, 0.15) is 23.0 Å². The lowest BCUT2D eigenvalue weighted by molar-refractivity contribution is -0.880. The number of amidine groups is 1. The zero-order valence-corrected chi connectivity index (χ0v) is 19.8. The van der Waals surface area contributed by atoms with Gasteiger partial charge in [0, 0.05) is 28.9 Å². The van der Waals surface area contributed by atoms with E-state index in [1.165, 1.54) is 38.2 Å². The van der Waals surface area contributed by atoms with Crippen LogP contribution in [0.5, 0.6) is 11.5 Å². The first kappa shape index (κ1) is 24.3. The fraction of sp³-hybridized carbons (Fsp3) is 0.167. The SMILES string of the molecule is COc1cc(OC)c(F)c(C(Nc2ccc(C(=N)N)cc2)c2nn(-c3cccc[n+]3OC)c(=O)[nH]2)c1. The average molecular weight is 495 g/mol. The molecule has 2 aromatic heterocycles. The molecule has 0 saturated heterocycles. The van der Waals surface area contributed by atoms with Crippen molar-refractivity contribution in [2.24, 2.45) is 5.73 Å². The Morgan fingerprint density at radius 3 is 2.56 bits per heavy atom. The molecule has 1 unspecified atom stereocenters. The number of aromatic amines is 1. The van der Waals surface area contributed by atoms with Crippen LogP contribution in [-0.2, 0) is 0 Å². The molecule has 2 aromatic carbocycles. The van der Waals surface area contributed by atoms with E-state index in [2.05, 4.69) is 15.4 Å². The maximum Gasteiger partial charge on any atom is 0.440 e. The standard InChI is InChI=1S/C24H24FN7O4/c1-34-16-12-17(20(25)18(13-16)35-2)21(28-15-9-7-14(8-10-15)22(26)27)23-29-24(33)32(30-23)19-6-4-5-11-31(19)36-3/h4-13,21H,1-3H3,(H4-,26,27,28,29,30,33)/p+1. The van der Waals surface area contributed by atoms with Gasteiger partial charge in [-0.25, -0.2) is 9.18 Å². The lowest BCUT2D eigenvalue weighted by Crippen LogP contribution is -2.45. The summed E-state index contributed by atoms with van der Waals surface area (Å²) in [6, 6.07) is 13.7. The second kappa shape index (κ2) is 10.2. The molecule has 0 aliphatic heterocycles. The minimum Gasteiger partial charge on any atom is -0.497 e. The van der Waals surface area contributed by atoms with Gasteiger partial charge in [-0.05, 0) is 45.8 Å². The number of H-pyrrole nitrogens is 1. The summed E-state index contributed by atoms with van der Waals surface area (Å²) in [5, 5.41) is 15.2. The Labute approximate surface area is 205 Å². The highest BCUT2D eigenvalue weighted by atomic mass is 19.1. The summed E-state index contributed by atoms with van der Waals surface area (Å²) in [6.07, 6.45) is 1.62. The van der Waals surface area contributed by atoms with E-state index in [0.717, 1.165) is 4.68 Å². The van der Waals surface area contributed by atoms with Crippen LogP contribution in [0.3, 0.4) is 0 Å². The highest BCUT2D eigenvalue weighted by Crippen LogP contribution is 2.34. The summed E-state index contributed by atoms with van der Waals surface area (Å²) < 4.78 is 28.5. The Balaban J connectivity index is 1.87. The molecule has 0 saturated carbocycles. The normalized spacial score (nSPS) is 11.6. The molecule has 12 heteroatoms. The highest BCUT2D eigenvalue weighted by Gasteiger charge is 2.29. The molecule has 0 aliphatic carbocycles. The predicted octanol–water partition coefficient (Wildman–Crippen LogP) is 1.55. The fourth-order valence-electron chi connectivity index (χ4n) is 3.64. The van der Waals surface area contributed by atoms with Gasteiger partial charge in [-0.2, -0.15) is 0 Å². The minimum atomic E-state index is -0.967. The molecular weight excluding hydrogens is 469 g/mol. The molecule has 11 nitrogen and oxygen atoms in total. The Morgan fingerprint density at radius 1 is 1.17 bits per heavy atom. The van der Waals surface area contributed by atoms with E-state index < -0.39 is 17.5 Å². The molecule has 4 rings (SSSR count). The molecule has 36 heavy (non-hydrogen) atoms. The smallest absolute Gasteiger partial charge is 0.440 e. The second-order valence-corrected chi connectivity index (χ2v) is 7.60. The van der Waals surface area contributed by atoms with Gasteiger partial charge >= 0.3 is 11.5 Å². The molecular formula is C24H25FN7O4+. The molecule has 0 bridgehead atoms. The number of hydrogen-bond acceptors (Lipinski definition) is 7. The monoisotopic (exact) mass is 494 g/mol. The van der Waals surface area contributed by atoms with Gasteiger partial charge in [0.25, 0.3) is 0 Å². The van der Waals surface area contributed by atoms with Crippen molar-refractivity contribution in [2.45, 2.75) is 6.04 Å².